The van der Waals surface area contributed by atoms with Crippen molar-refractivity contribution < 1.29 is 9.53 Å². The van der Waals surface area contributed by atoms with Gasteiger partial charge >= 0.3 is 0 Å². The van der Waals surface area contributed by atoms with Crippen molar-refractivity contribution in [3.63, 3.8) is 0 Å². The predicted octanol–water partition coefficient (Wildman–Crippen LogP) is 0.903. The minimum Gasteiger partial charge on any atom is -0.379 e. The van der Waals surface area contributed by atoms with Crippen molar-refractivity contribution in [3.05, 3.63) is 0 Å². The van der Waals surface area contributed by atoms with E-state index >= 15 is 0 Å². The number of carbonyl (C=O) groups excluding carboxylic acids is 1. The van der Waals surface area contributed by atoms with E-state index in [1.165, 1.54) is 0 Å². The summed E-state index contributed by atoms with van der Waals surface area (Å²) in [5, 5.41) is 2.86. The molecule has 0 aliphatic rings. The molecule has 0 aliphatic carbocycles. The third-order valence-corrected chi connectivity index (χ3v) is 2.22. The third-order valence-electron chi connectivity index (χ3n) is 2.22. The van der Waals surface area contributed by atoms with Crippen LogP contribution in [0.15, 0.2) is 0 Å². The fraction of sp³-hybridized carbons (Fsp3) is 0.909. The average molecular weight is 216 g/mol. The molecule has 0 aliphatic heterocycles. The Balaban J connectivity index is 3.46. The molecule has 1 amide bonds. The molecule has 0 spiro atoms. The molecule has 15 heavy (non-hydrogen) atoms. The van der Waals surface area contributed by atoms with E-state index in [1.807, 2.05) is 20.8 Å². The number of hydrogen-bond acceptors (Lipinski definition) is 3. The van der Waals surface area contributed by atoms with Crippen LogP contribution >= 0.6 is 0 Å². The summed E-state index contributed by atoms with van der Waals surface area (Å²) in [5.41, 5.74) is 5.47. The molecule has 0 saturated heterocycles. The van der Waals surface area contributed by atoms with Crippen LogP contribution in [0.2, 0.25) is 0 Å². The highest BCUT2D eigenvalue weighted by Gasteiger charge is 2.12. The van der Waals surface area contributed by atoms with E-state index in [4.69, 9.17) is 10.5 Å². The summed E-state index contributed by atoms with van der Waals surface area (Å²) in [4.78, 5) is 11.5. The van der Waals surface area contributed by atoms with Crippen molar-refractivity contribution in [2.24, 2.45) is 11.7 Å². The first-order chi connectivity index (χ1) is 7.11. The van der Waals surface area contributed by atoms with Gasteiger partial charge in [0.1, 0.15) is 0 Å². The van der Waals surface area contributed by atoms with Crippen molar-refractivity contribution in [3.8, 4) is 0 Å². The second-order valence-corrected chi connectivity index (χ2v) is 3.91. The molecule has 4 nitrogen and oxygen atoms in total. The molecule has 0 aromatic heterocycles. The fourth-order valence-corrected chi connectivity index (χ4v) is 1.21. The lowest BCUT2D eigenvalue weighted by atomic mass is 10.1. The summed E-state index contributed by atoms with van der Waals surface area (Å²) in [5.74, 6) is 0.0144. The molecule has 1 atom stereocenters. The molecule has 0 bridgehead atoms. The number of nitrogens with two attached hydrogens (primary N) is 1. The van der Waals surface area contributed by atoms with Gasteiger partial charge in [-0.05, 0) is 26.7 Å². The van der Waals surface area contributed by atoms with Crippen LogP contribution in [-0.4, -0.2) is 31.7 Å². The van der Waals surface area contributed by atoms with E-state index in [-0.39, 0.29) is 17.9 Å². The topological polar surface area (TPSA) is 64.4 Å². The monoisotopic (exact) mass is 216 g/mol. The Morgan fingerprint density at radius 1 is 1.47 bits per heavy atom. The molecule has 0 saturated carbocycles. The number of amides is 1. The molecule has 90 valence electrons. The van der Waals surface area contributed by atoms with Gasteiger partial charge in [0, 0.05) is 25.6 Å². The van der Waals surface area contributed by atoms with E-state index in [0.29, 0.717) is 19.7 Å². The first-order valence-electron chi connectivity index (χ1n) is 5.71. The van der Waals surface area contributed by atoms with Gasteiger partial charge in [-0.15, -0.1) is 0 Å². The molecule has 4 heteroatoms. The number of carbonyl (C=O) groups is 1. The zero-order valence-electron chi connectivity index (χ0n) is 10.1. The third kappa shape index (κ3) is 7.33. The largest absolute Gasteiger partial charge is 0.379 e. The van der Waals surface area contributed by atoms with Crippen LogP contribution < -0.4 is 11.1 Å². The quantitative estimate of drug-likeness (QED) is 0.593. The number of hydrogen-bond donors (Lipinski definition) is 2. The lowest BCUT2D eigenvalue weighted by molar-refractivity contribution is -0.124. The second-order valence-electron chi connectivity index (χ2n) is 3.91. The van der Waals surface area contributed by atoms with Gasteiger partial charge in [-0.1, -0.05) is 6.92 Å². The van der Waals surface area contributed by atoms with Gasteiger partial charge in [-0.2, -0.15) is 0 Å². The SMILES string of the molecule is CCC(CN)C(=O)NCCCOC(C)C. The second kappa shape index (κ2) is 8.68. The molecule has 0 radical (unpaired) electrons. The summed E-state index contributed by atoms with van der Waals surface area (Å²) < 4.78 is 5.36. The van der Waals surface area contributed by atoms with Crippen LogP contribution in [-0.2, 0) is 9.53 Å². The molecule has 1 unspecified atom stereocenters. The Kier molecular flexibility index (Phi) is 8.33. The zero-order chi connectivity index (χ0) is 11.7. The van der Waals surface area contributed by atoms with Crippen molar-refractivity contribution in [1.82, 2.24) is 5.32 Å². The molecule has 0 heterocycles. The Morgan fingerprint density at radius 3 is 2.60 bits per heavy atom. The molecule has 0 aromatic rings. The molecule has 3 N–H and O–H groups in total. The molecule has 0 fully saturated rings. The van der Waals surface area contributed by atoms with E-state index in [2.05, 4.69) is 5.32 Å². The summed E-state index contributed by atoms with van der Waals surface area (Å²) in [7, 11) is 0. The number of rotatable bonds is 8. The number of nitrogens with one attached hydrogen (secondary N) is 1. The highest BCUT2D eigenvalue weighted by molar-refractivity contribution is 5.78. The Morgan fingerprint density at radius 2 is 2.13 bits per heavy atom. The first-order valence-corrected chi connectivity index (χ1v) is 5.71. The van der Waals surface area contributed by atoms with Gasteiger partial charge in [0.2, 0.25) is 5.91 Å². The van der Waals surface area contributed by atoms with E-state index < -0.39 is 0 Å². The Hall–Kier alpha value is -0.610. The fourth-order valence-electron chi connectivity index (χ4n) is 1.21. The molecular weight excluding hydrogens is 192 g/mol. The zero-order valence-corrected chi connectivity index (χ0v) is 10.1. The van der Waals surface area contributed by atoms with Crippen LogP contribution in [0.1, 0.15) is 33.6 Å². The van der Waals surface area contributed by atoms with Crippen molar-refractivity contribution in [2.75, 3.05) is 19.7 Å². The van der Waals surface area contributed by atoms with Crippen LogP contribution in [0.3, 0.4) is 0 Å². The van der Waals surface area contributed by atoms with Crippen molar-refractivity contribution in [2.45, 2.75) is 39.7 Å². The van der Waals surface area contributed by atoms with E-state index in [1.54, 1.807) is 0 Å². The van der Waals surface area contributed by atoms with Crippen molar-refractivity contribution in [1.29, 1.82) is 0 Å². The van der Waals surface area contributed by atoms with Gasteiger partial charge in [-0.3, -0.25) is 4.79 Å². The van der Waals surface area contributed by atoms with Crippen LogP contribution in [0.5, 0.6) is 0 Å². The normalized spacial score (nSPS) is 12.9. The summed E-state index contributed by atoms with van der Waals surface area (Å²) >= 11 is 0. The van der Waals surface area contributed by atoms with Gasteiger partial charge in [0.15, 0.2) is 0 Å². The summed E-state index contributed by atoms with van der Waals surface area (Å²) in [6.07, 6.45) is 1.91. The average Bonchev–Trinajstić information content (AvgIpc) is 2.18. The maximum Gasteiger partial charge on any atom is 0.224 e. The minimum absolute atomic E-state index is 0.0454. The van der Waals surface area contributed by atoms with Crippen LogP contribution in [0.25, 0.3) is 0 Å². The summed E-state index contributed by atoms with van der Waals surface area (Å²) in [6, 6.07) is 0. The van der Waals surface area contributed by atoms with Crippen LogP contribution in [0.4, 0.5) is 0 Å². The molecule has 0 rings (SSSR count). The Bertz CT molecular complexity index is 168. The maximum atomic E-state index is 11.5. The number of ether oxygens (including phenoxy) is 1. The van der Waals surface area contributed by atoms with Gasteiger partial charge in [0.25, 0.3) is 0 Å². The lowest BCUT2D eigenvalue weighted by Crippen LogP contribution is -2.35. The predicted molar refractivity (Wildman–Crippen MR) is 61.6 cm³/mol. The van der Waals surface area contributed by atoms with Gasteiger partial charge < -0.3 is 15.8 Å². The minimum atomic E-state index is -0.0454. The molecular formula is C11H24N2O2. The maximum absolute atomic E-state index is 11.5. The van der Waals surface area contributed by atoms with E-state index in [9.17, 15) is 4.79 Å². The summed E-state index contributed by atoms with van der Waals surface area (Å²) in [6.45, 7) is 7.75. The highest BCUT2D eigenvalue weighted by atomic mass is 16.5. The van der Waals surface area contributed by atoms with Crippen LogP contribution in [0, 0.1) is 5.92 Å². The Labute approximate surface area is 92.6 Å². The van der Waals surface area contributed by atoms with E-state index in [0.717, 1.165) is 12.8 Å². The van der Waals surface area contributed by atoms with Gasteiger partial charge in [0.05, 0.1) is 6.10 Å². The highest BCUT2D eigenvalue weighted by Crippen LogP contribution is 1.99. The standard InChI is InChI=1S/C11H24N2O2/c1-4-10(8-12)11(14)13-6-5-7-15-9(2)3/h9-10H,4-8,12H2,1-3H3,(H,13,14). The van der Waals surface area contributed by atoms with Crippen molar-refractivity contribution >= 4 is 5.91 Å². The first kappa shape index (κ1) is 14.4. The van der Waals surface area contributed by atoms with Gasteiger partial charge in [-0.25, -0.2) is 0 Å². The smallest absolute Gasteiger partial charge is 0.224 e. The molecule has 0 aromatic carbocycles. The lowest BCUT2D eigenvalue weighted by Gasteiger charge is -2.13.